The Labute approximate surface area is 90.2 Å². The normalized spacial score (nSPS) is 15.1. The molecule has 0 aromatic heterocycles. The van der Waals surface area contributed by atoms with Crippen LogP contribution >= 0.6 is 0 Å². The number of nitriles is 1. The Morgan fingerprint density at radius 2 is 2.00 bits per heavy atom. The fraction of sp³-hybridized carbons (Fsp3) is 0.462. The summed E-state index contributed by atoms with van der Waals surface area (Å²) in [6.07, 6.45) is 6.09. The molecule has 1 aromatic carbocycles. The number of fused-ring (bicyclic) bond motifs is 1. The molecule has 1 aliphatic rings. The molecule has 0 saturated heterocycles. The van der Waals surface area contributed by atoms with Crippen LogP contribution < -0.4 is 0 Å². The molecule has 0 aliphatic heterocycles. The minimum atomic E-state index is 0.289. The van der Waals surface area contributed by atoms with Crippen molar-refractivity contribution in [1.29, 1.82) is 5.26 Å². The third-order valence-electron chi connectivity index (χ3n) is 3.13. The van der Waals surface area contributed by atoms with Crippen LogP contribution in [0.2, 0.25) is 0 Å². The predicted molar refractivity (Wildman–Crippen MR) is 58.7 cm³/mol. The van der Waals surface area contributed by atoms with Crippen molar-refractivity contribution in [3.8, 4) is 11.8 Å². The van der Waals surface area contributed by atoms with Gasteiger partial charge in [-0.1, -0.05) is 12.5 Å². The van der Waals surface area contributed by atoms with Crippen molar-refractivity contribution < 1.29 is 5.11 Å². The summed E-state index contributed by atoms with van der Waals surface area (Å²) in [7, 11) is 0. The number of nitrogens with zero attached hydrogens (tertiary/aromatic N) is 1. The van der Waals surface area contributed by atoms with Gasteiger partial charge in [0.15, 0.2) is 0 Å². The molecule has 2 heteroatoms. The molecule has 0 atom stereocenters. The van der Waals surface area contributed by atoms with Crippen molar-refractivity contribution in [3.63, 3.8) is 0 Å². The molecule has 2 rings (SSSR count). The van der Waals surface area contributed by atoms with Gasteiger partial charge in [0, 0.05) is 5.56 Å². The SMILES string of the molecule is N#CCc1c(O)ccc2c1CCCCC2. The summed E-state index contributed by atoms with van der Waals surface area (Å²) in [6, 6.07) is 5.88. The molecule has 1 N–H and O–H groups in total. The number of rotatable bonds is 1. The standard InChI is InChI=1S/C13H15NO/c14-9-8-12-11-5-3-1-2-4-10(11)6-7-13(12)15/h6-7,15H,1-5,8H2. The molecular formula is C13H15NO. The van der Waals surface area contributed by atoms with Gasteiger partial charge in [-0.25, -0.2) is 0 Å². The van der Waals surface area contributed by atoms with Crippen molar-refractivity contribution in [2.24, 2.45) is 0 Å². The highest BCUT2D eigenvalue weighted by atomic mass is 16.3. The van der Waals surface area contributed by atoms with Gasteiger partial charge >= 0.3 is 0 Å². The molecule has 0 radical (unpaired) electrons. The van der Waals surface area contributed by atoms with E-state index in [9.17, 15) is 5.11 Å². The van der Waals surface area contributed by atoms with E-state index in [1.165, 1.54) is 30.4 Å². The number of phenols is 1. The maximum Gasteiger partial charge on any atom is 0.120 e. The first-order valence-electron chi connectivity index (χ1n) is 5.52. The van der Waals surface area contributed by atoms with E-state index in [0.29, 0.717) is 6.42 Å². The molecule has 1 aliphatic carbocycles. The molecule has 0 amide bonds. The quantitative estimate of drug-likeness (QED) is 0.710. The highest BCUT2D eigenvalue weighted by Gasteiger charge is 2.14. The third-order valence-corrected chi connectivity index (χ3v) is 3.13. The predicted octanol–water partition coefficient (Wildman–Crippen LogP) is 2.73. The van der Waals surface area contributed by atoms with Crippen LogP contribution in [0.15, 0.2) is 12.1 Å². The van der Waals surface area contributed by atoms with Gasteiger partial charge in [0.1, 0.15) is 5.75 Å². The van der Waals surface area contributed by atoms with E-state index in [1.54, 1.807) is 6.07 Å². The Morgan fingerprint density at radius 1 is 1.20 bits per heavy atom. The highest BCUT2D eigenvalue weighted by molar-refractivity contribution is 5.46. The van der Waals surface area contributed by atoms with Crippen LogP contribution in [0.4, 0.5) is 0 Å². The number of hydrogen-bond donors (Lipinski definition) is 1. The molecule has 0 fully saturated rings. The van der Waals surface area contributed by atoms with Gasteiger partial charge in [-0.15, -0.1) is 0 Å². The van der Waals surface area contributed by atoms with Gasteiger partial charge in [0.2, 0.25) is 0 Å². The molecule has 0 bridgehead atoms. The number of phenolic OH excluding ortho intramolecular Hbond substituents is 1. The zero-order valence-corrected chi connectivity index (χ0v) is 8.79. The fourth-order valence-electron chi connectivity index (χ4n) is 2.35. The van der Waals surface area contributed by atoms with Crippen LogP contribution in [0, 0.1) is 11.3 Å². The largest absolute Gasteiger partial charge is 0.508 e. The van der Waals surface area contributed by atoms with E-state index in [-0.39, 0.29) is 5.75 Å². The van der Waals surface area contributed by atoms with Gasteiger partial charge < -0.3 is 5.11 Å². The van der Waals surface area contributed by atoms with Gasteiger partial charge in [0.05, 0.1) is 12.5 Å². The summed E-state index contributed by atoms with van der Waals surface area (Å²) in [6.45, 7) is 0. The van der Waals surface area contributed by atoms with Gasteiger partial charge in [-0.3, -0.25) is 0 Å². The monoisotopic (exact) mass is 201 g/mol. The Hall–Kier alpha value is -1.49. The van der Waals surface area contributed by atoms with E-state index in [4.69, 9.17) is 5.26 Å². The zero-order valence-electron chi connectivity index (χ0n) is 8.79. The van der Waals surface area contributed by atoms with E-state index >= 15 is 0 Å². The average molecular weight is 201 g/mol. The molecule has 2 nitrogen and oxygen atoms in total. The first kappa shape index (κ1) is 10.0. The second-order valence-corrected chi connectivity index (χ2v) is 4.10. The summed E-state index contributed by atoms with van der Waals surface area (Å²) in [5, 5.41) is 18.5. The van der Waals surface area contributed by atoms with E-state index in [0.717, 1.165) is 18.4 Å². The Balaban J connectivity index is 2.47. The average Bonchev–Trinajstić information content (AvgIpc) is 2.47. The Morgan fingerprint density at radius 3 is 2.80 bits per heavy atom. The summed E-state index contributed by atoms with van der Waals surface area (Å²) in [5.41, 5.74) is 3.42. The molecule has 0 heterocycles. The van der Waals surface area contributed by atoms with E-state index < -0.39 is 0 Å². The number of aryl methyl sites for hydroxylation is 1. The number of aromatic hydroxyl groups is 1. The lowest BCUT2D eigenvalue weighted by atomic mass is 9.95. The minimum Gasteiger partial charge on any atom is -0.508 e. The molecule has 78 valence electrons. The highest BCUT2D eigenvalue weighted by Crippen LogP contribution is 2.29. The van der Waals surface area contributed by atoms with Crippen molar-refractivity contribution in [3.05, 3.63) is 28.8 Å². The first-order chi connectivity index (χ1) is 7.33. The lowest BCUT2D eigenvalue weighted by Gasteiger charge is -2.11. The minimum absolute atomic E-state index is 0.289. The topological polar surface area (TPSA) is 44.0 Å². The summed E-state index contributed by atoms with van der Waals surface area (Å²) < 4.78 is 0. The van der Waals surface area contributed by atoms with Crippen LogP contribution in [0.1, 0.15) is 36.0 Å². The van der Waals surface area contributed by atoms with Crippen LogP contribution in [0.3, 0.4) is 0 Å². The van der Waals surface area contributed by atoms with Crippen LogP contribution in [-0.2, 0) is 19.3 Å². The Bertz CT molecular complexity index is 404. The van der Waals surface area contributed by atoms with Crippen LogP contribution in [0.5, 0.6) is 5.75 Å². The second-order valence-electron chi connectivity index (χ2n) is 4.10. The molecule has 0 unspecified atom stereocenters. The number of benzene rings is 1. The van der Waals surface area contributed by atoms with Gasteiger partial charge in [-0.05, 0) is 42.9 Å². The summed E-state index contributed by atoms with van der Waals surface area (Å²) >= 11 is 0. The van der Waals surface area contributed by atoms with Gasteiger partial charge in [0.25, 0.3) is 0 Å². The molecule has 15 heavy (non-hydrogen) atoms. The zero-order chi connectivity index (χ0) is 10.7. The van der Waals surface area contributed by atoms with Gasteiger partial charge in [-0.2, -0.15) is 5.26 Å². The summed E-state index contributed by atoms with van der Waals surface area (Å²) in [5.74, 6) is 0.289. The first-order valence-corrected chi connectivity index (χ1v) is 5.52. The van der Waals surface area contributed by atoms with Crippen molar-refractivity contribution in [2.45, 2.75) is 38.5 Å². The Kier molecular flexibility index (Phi) is 2.91. The lowest BCUT2D eigenvalue weighted by Crippen LogP contribution is -1.98. The van der Waals surface area contributed by atoms with Crippen molar-refractivity contribution >= 4 is 0 Å². The van der Waals surface area contributed by atoms with E-state index in [1.807, 2.05) is 6.07 Å². The van der Waals surface area contributed by atoms with Crippen LogP contribution in [-0.4, -0.2) is 5.11 Å². The van der Waals surface area contributed by atoms with E-state index in [2.05, 4.69) is 6.07 Å². The second kappa shape index (κ2) is 4.35. The lowest BCUT2D eigenvalue weighted by molar-refractivity contribution is 0.468. The molecule has 0 saturated carbocycles. The van der Waals surface area contributed by atoms with Crippen molar-refractivity contribution in [1.82, 2.24) is 0 Å². The van der Waals surface area contributed by atoms with Crippen molar-refractivity contribution in [2.75, 3.05) is 0 Å². The van der Waals surface area contributed by atoms with Crippen LogP contribution in [0.25, 0.3) is 0 Å². The summed E-state index contributed by atoms with van der Waals surface area (Å²) in [4.78, 5) is 0. The maximum absolute atomic E-state index is 9.74. The maximum atomic E-state index is 9.74. The number of hydrogen-bond acceptors (Lipinski definition) is 2. The fourth-order valence-corrected chi connectivity index (χ4v) is 2.35. The molecule has 1 aromatic rings. The molecule has 0 spiro atoms. The smallest absolute Gasteiger partial charge is 0.120 e. The third kappa shape index (κ3) is 1.97. The molecular weight excluding hydrogens is 186 g/mol.